The van der Waals surface area contributed by atoms with Crippen LogP contribution in [0, 0.1) is 6.92 Å². The number of aryl methyl sites for hydroxylation is 1. The van der Waals surface area contributed by atoms with Gasteiger partial charge >= 0.3 is 0 Å². The van der Waals surface area contributed by atoms with E-state index >= 15 is 0 Å². The molecule has 0 atom stereocenters. The Morgan fingerprint density at radius 1 is 1.04 bits per heavy atom. The van der Waals surface area contributed by atoms with Crippen LogP contribution in [0.25, 0.3) is 5.65 Å². The van der Waals surface area contributed by atoms with E-state index in [0.29, 0.717) is 0 Å². The monoisotopic (exact) mass is 341 g/mol. The largest absolute Gasteiger partial charge is 0.350 e. The number of fused-ring (bicyclic) bond motifs is 1. The van der Waals surface area contributed by atoms with Gasteiger partial charge in [-0.2, -0.15) is 0 Å². The van der Waals surface area contributed by atoms with Crippen LogP contribution in [0.15, 0.2) is 47.4 Å². The van der Waals surface area contributed by atoms with Gasteiger partial charge in [-0.15, -0.1) is 10.2 Å². The molecule has 2 heterocycles. The van der Waals surface area contributed by atoms with Crippen molar-refractivity contribution in [3.05, 3.63) is 53.7 Å². The molecule has 0 aliphatic carbocycles. The first-order valence-electron chi connectivity index (χ1n) is 8.28. The lowest BCUT2D eigenvalue weighted by molar-refractivity contribution is 0.524. The highest BCUT2D eigenvalue weighted by Crippen LogP contribution is 2.27. The molecule has 0 spiro atoms. The van der Waals surface area contributed by atoms with Gasteiger partial charge in [0, 0.05) is 30.2 Å². The smallest absolute Gasteiger partial charge is 0.229 e. The second-order valence-corrected chi connectivity index (χ2v) is 6.68. The molecule has 1 aromatic carbocycles. The van der Waals surface area contributed by atoms with Gasteiger partial charge in [-0.3, -0.25) is 4.40 Å². The molecule has 1 N–H and O–H groups in total. The van der Waals surface area contributed by atoms with E-state index in [1.165, 1.54) is 10.5 Å². The lowest BCUT2D eigenvalue weighted by atomic mass is 10.2. The summed E-state index contributed by atoms with van der Waals surface area (Å²) in [5.41, 5.74) is 3.25. The van der Waals surface area contributed by atoms with Gasteiger partial charge in [0.2, 0.25) is 5.95 Å². The summed E-state index contributed by atoms with van der Waals surface area (Å²) in [4.78, 5) is 1.23. The van der Waals surface area contributed by atoms with Crippen molar-refractivity contribution in [2.24, 2.45) is 0 Å². The minimum Gasteiger partial charge on any atom is -0.350 e. The van der Waals surface area contributed by atoms with Gasteiger partial charge in [0.25, 0.3) is 0 Å². The lowest BCUT2D eigenvalue weighted by Crippen LogP contribution is -2.14. The molecule has 0 unspecified atom stereocenters. The fraction of sp³-hybridized carbons (Fsp3) is 0.333. The van der Waals surface area contributed by atoms with E-state index in [1.807, 2.05) is 24.3 Å². The standard InChI is InChI=1S/C18H23N5S/c1-4-22(5-2)24-16-11-12-17-20-21-18(23(17)14(16)3)19-13-15-9-7-6-8-10-15/h6-12H,4-5,13H2,1-3H3,(H,19,21). The van der Waals surface area contributed by atoms with E-state index in [2.05, 4.69) is 63.2 Å². The van der Waals surface area contributed by atoms with Crippen LogP contribution in [0.5, 0.6) is 0 Å². The third kappa shape index (κ3) is 3.55. The van der Waals surface area contributed by atoms with Crippen LogP contribution in [0.2, 0.25) is 0 Å². The molecule has 0 aliphatic rings. The maximum atomic E-state index is 4.31. The Morgan fingerprint density at radius 3 is 2.50 bits per heavy atom. The molecule has 0 bridgehead atoms. The Kier molecular flexibility index (Phi) is 5.37. The Hall–Kier alpha value is -2.05. The van der Waals surface area contributed by atoms with Crippen molar-refractivity contribution in [2.45, 2.75) is 32.2 Å². The van der Waals surface area contributed by atoms with Crippen LogP contribution in [0.4, 0.5) is 5.95 Å². The lowest BCUT2D eigenvalue weighted by Gasteiger charge is -2.18. The summed E-state index contributed by atoms with van der Waals surface area (Å²) in [6.45, 7) is 9.23. The highest BCUT2D eigenvalue weighted by molar-refractivity contribution is 7.97. The molecule has 0 fully saturated rings. The Morgan fingerprint density at radius 2 is 1.79 bits per heavy atom. The van der Waals surface area contributed by atoms with Crippen molar-refractivity contribution in [3.63, 3.8) is 0 Å². The van der Waals surface area contributed by atoms with Crippen molar-refractivity contribution in [3.8, 4) is 0 Å². The number of nitrogens with zero attached hydrogens (tertiary/aromatic N) is 4. The summed E-state index contributed by atoms with van der Waals surface area (Å²) in [6, 6.07) is 14.5. The van der Waals surface area contributed by atoms with Gasteiger partial charge < -0.3 is 5.32 Å². The van der Waals surface area contributed by atoms with Crippen LogP contribution in [-0.4, -0.2) is 32.0 Å². The normalized spacial score (nSPS) is 11.3. The van der Waals surface area contributed by atoms with E-state index in [0.717, 1.165) is 36.9 Å². The van der Waals surface area contributed by atoms with Crippen LogP contribution in [-0.2, 0) is 6.54 Å². The highest BCUT2D eigenvalue weighted by atomic mass is 32.2. The van der Waals surface area contributed by atoms with Crippen molar-refractivity contribution in [1.82, 2.24) is 18.9 Å². The van der Waals surface area contributed by atoms with E-state index in [4.69, 9.17) is 0 Å². The quantitative estimate of drug-likeness (QED) is 0.658. The summed E-state index contributed by atoms with van der Waals surface area (Å²) in [5.74, 6) is 0.786. The predicted octanol–water partition coefficient (Wildman–Crippen LogP) is 4.00. The number of aromatic nitrogens is 3. The first-order chi connectivity index (χ1) is 11.7. The number of pyridine rings is 1. The summed E-state index contributed by atoms with van der Waals surface area (Å²) in [7, 11) is 0. The number of hydrogen-bond donors (Lipinski definition) is 1. The topological polar surface area (TPSA) is 45.5 Å². The first kappa shape index (κ1) is 16.8. The summed E-state index contributed by atoms with van der Waals surface area (Å²) in [5, 5.41) is 12.0. The second kappa shape index (κ2) is 7.68. The average Bonchev–Trinajstić information content (AvgIpc) is 3.04. The average molecular weight is 341 g/mol. The number of nitrogens with one attached hydrogen (secondary N) is 1. The summed E-state index contributed by atoms with van der Waals surface area (Å²) < 4.78 is 4.42. The number of rotatable bonds is 7. The number of benzene rings is 1. The van der Waals surface area contributed by atoms with Gasteiger partial charge in [0.05, 0.1) is 0 Å². The van der Waals surface area contributed by atoms with E-state index < -0.39 is 0 Å². The van der Waals surface area contributed by atoms with Crippen molar-refractivity contribution >= 4 is 23.5 Å². The van der Waals surface area contributed by atoms with Crippen LogP contribution in [0.1, 0.15) is 25.1 Å². The Bertz CT molecular complexity index is 796. The van der Waals surface area contributed by atoms with E-state index in [9.17, 15) is 0 Å². The molecular weight excluding hydrogens is 318 g/mol. The zero-order chi connectivity index (χ0) is 16.9. The molecule has 3 rings (SSSR count). The van der Waals surface area contributed by atoms with Gasteiger partial charge in [-0.05, 0) is 36.6 Å². The van der Waals surface area contributed by atoms with Gasteiger partial charge in [0.15, 0.2) is 5.65 Å². The van der Waals surface area contributed by atoms with Crippen molar-refractivity contribution < 1.29 is 0 Å². The van der Waals surface area contributed by atoms with Gasteiger partial charge in [-0.1, -0.05) is 44.2 Å². The SMILES string of the molecule is CCN(CC)Sc1ccc2nnc(NCc3ccccc3)n2c1C. The molecule has 2 aromatic heterocycles. The van der Waals surface area contributed by atoms with Crippen molar-refractivity contribution in [1.29, 1.82) is 0 Å². The van der Waals surface area contributed by atoms with Crippen LogP contribution < -0.4 is 5.32 Å². The van der Waals surface area contributed by atoms with Crippen LogP contribution >= 0.6 is 11.9 Å². The predicted molar refractivity (Wildman–Crippen MR) is 100 cm³/mol. The van der Waals surface area contributed by atoms with Gasteiger partial charge in [0.1, 0.15) is 0 Å². The maximum Gasteiger partial charge on any atom is 0.229 e. The molecule has 0 aliphatic heterocycles. The molecule has 0 saturated carbocycles. The molecule has 126 valence electrons. The second-order valence-electron chi connectivity index (χ2n) is 5.54. The minimum absolute atomic E-state index is 0.731. The number of hydrogen-bond acceptors (Lipinski definition) is 5. The molecule has 24 heavy (non-hydrogen) atoms. The van der Waals surface area contributed by atoms with E-state index in [-0.39, 0.29) is 0 Å². The zero-order valence-electron chi connectivity index (χ0n) is 14.4. The van der Waals surface area contributed by atoms with Gasteiger partial charge in [-0.25, -0.2) is 4.31 Å². The molecule has 6 heteroatoms. The molecule has 5 nitrogen and oxygen atoms in total. The third-order valence-electron chi connectivity index (χ3n) is 3.99. The fourth-order valence-corrected chi connectivity index (χ4v) is 3.48. The molecule has 0 radical (unpaired) electrons. The summed E-state index contributed by atoms with van der Waals surface area (Å²) >= 11 is 1.79. The molecule has 0 saturated heterocycles. The Balaban J connectivity index is 1.86. The molecule has 0 amide bonds. The molecular formula is C18H23N5S. The summed E-state index contributed by atoms with van der Waals surface area (Å²) in [6.07, 6.45) is 0. The zero-order valence-corrected chi connectivity index (χ0v) is 15.2. The fourth-order valence-electron chi connectivity index (χ4n) is 2.60. The van der Waals surface area contributed by atoms with Crippen molar-refractivity contribution in [2.75, 3.05) is 18.4 Å². The third-order valence-corrected chi connectivity index (χ3v) is 5.39. The Labute approximate surface area is 147 Å². The highest BCUT2D eigenvalue weighted by Gasteiger charge is 2.12. The van der Waals surface area contributed by atoms with E-state index in [1.54, 1.807) is 11.9 Å². The molecule has 3 aromatic rings. The minimum atomic E-state index is 0.731. The van der Waals surface area contributed by atoms with Crippen LogP contribution in [0.3, 0.4) is 0 Å². The maximum absolute atomic E-state index is 4.31. The number of anilines is 1. The first-order valence-corrected chi connectivity index (χ1v) is 9.05.